The van der Waals surface area contributed by atoms with Gasteiger partial charge < -0.3 is 9.15 Å². The molecule has 0 bridgehead atoms. The minimum absolute atomic E-state index is 0.192. The van der Waals surface area contributed by atoms with Crippen molar-refractivity contribution in [1.29, 1.82) is 0 Å². The molecule has 3 rings (SSSR count). The van der Waals surface area contributed by atoms with Crippen molar-refractivity contribution < 1.29 is 13.5 Å². The minimum atomic E-state index is -0.304. The lowest BCUT2D eigenvalue weighted by atomic mass is 10.2. The fraction of sp³-hybridized carbons (Fsp3) is 0.125. The largest absolute Gasteiger partial charge is 0.484 e. The molecule has 0 fully saturated rings. The number of nitrogens with zero attached hydrogens (tertiary/aromatic N) is 2. The molecule has 0 amide bonds. The third-order valence-corrected chi connectivity index (χ3v) is 2.91. The molecule has 0 unspecified atom stereocenters. The predicted octanol–water partition coefficient (Wildman–Crippen LogP) is 3.76. The summed E-state index contributed by atoms with van der Waals surface area (Å²) in [4.78, 5) is 0. The van der Waals surface area contributed by atoms with Crippen molar-refractivity contribution in [1.82, 2.24) is 10.2 Å². The number of ether oxygens (including phenoxy) is 1. The average molecular weight is 284 g/mol. The van der Waals surface area contributed by atoms with E-state index in [0.29, 0.717) is 17.3 Å². The zero-order valence-electron chi connectivity index (χ0n) is 11.4. The molecule has 0 aliphatic rings. The van der Waals surface area contributed by atoms with Gasteiger partial charge in [0.1, 0.15) is 11.6 Å². The highest BCUT2D eigenvalue weighted by atomic mass is 19.1. The Kier molecular flexibility index (Phi) is 3.64. The topological polar surface area (TPSA) is 48.2 Å². The molecule has 5 heteroatoms. The van der Waals surface area contributed by atoms with Crippen LogP contribution < -0.4 is 4.74 Å². The molecule has 0 spiro atoms. The lowest BCUT2D eigenvalue weighted by Gasteiger charge is -2.03. The van der Waals surface area contributed by atoms with E-state index in [1.54, 1.807) is 12.1 Å². The van der Waals surface area contributed by atoms with Gasteiger partial charge in [-0.1, -0.05) is 12.1 Å². The molecule has 0 radical (unpaired) electrons. The molecule has 0 atom stereocenters. The Bertz CT molecular complexity index is 738. The second kappa shape index (κ2) is 5.75. The van der Waals surface area contributed by atoms with Gasteiger partial charge in [-0.3, -0.25) is 0 Å². The van der Waals surface area contributed by atoms with Crippen molar-refractivity contribution in [2.75, 3.05) is 0 Å². The summed E-state index contributed by atoms with van der Waals surface area (Å²) in [5.41, 5.74) is 1.79. The van der Waals surface area contributed by atoms with Gasteiger partial charge in [-0.05, 0) is 48.9 Å². The van der Waals surface area contributed by atoms with Gasteiger partial charge >= 0.3 is 0 Å². The summed E-state index contributed by atoms with van der Waals surface area (Å²) in [6.07, 6.45) is 0. The summed E-state index contributed by atoms with van der Waals surface area (Å²) in [5, 5.41) is 7.84. The first-order valence-electron chi connectivity index (χ1n) is 6.48. The van der Waals surface area contributed by atoms with Crippen molar-refractivity contribution in [2.45, 2.75) is 13.5 Å². The molecule has 0 aliphatic heterocycles. The number of hydrogen-bond donors (Lipinski definition) is 0. The molecule has 21 heavy (non-hydrogen) atoms. The minimum Gasteiger partial charge on any atom is -0.484 e. The maximum atomic E-state index is 12.9. The Morgan fingerprint density at radius 1 is 1.10 bits per heavy atom. The zero-order chi connectivity index (χ0) is 14.7. The number of rotatable bonds is 4. The van der Waals surface area contributed by atoms with Gasteiger partial charge in [0, 0.05) is 5.56 Å². The molecule has 2 aromatic carbocycles. The monoisotopic (exact) mass is 284 g/mol. The van der Waals surface area contributed by atoms with Crippen LogP contribution in [0.4, 0.5) is 4.39 Å². The van der Waals surface area contributed by atoms with Gasteiger partial charge in [-0.15, -0.1) is 10.2 Å². The van der Waals surface area contributed by atoms with Crippen molar-refractivity contribution in [3.63, 3.8) is 0 Å². The van der Waals surface area contributed by atoms with E-state index in [-0.39, 0.29) is 12.4 Å². The van der Waals surface area contributed by atoms with Gasteiger partial charge in [0.25, 0.3) is 5.89 Å². The number of hydrogen-bond acceptors (Lipinski definition) is 4. The Balaban J connectivity index is 1.69. The van der Waals surface area contributed by atoms with Gasteiger partial charge in [0.05, 0.1) is 0 Å². The van der Waals surface area contributed by atoms with E-state index in [1.165, 1.54) is 12.1 Å². The molecule has 4 nitrogen and oxygen atoms in total. The number of halogens is 1. The first-order valence-corrected chi connectivity index (χ1v) is 6.48. The van der Waals surface area contributed by atoms with E-state index in [1.807, 2.05) is 31.2 Å². The fourth-order valence-electron chi connectivity index (χ4n) is 1.87. The van der Waals surface area contributed by atoms with Gasteiger partial charge in [-0.25, -0.2) is 4.39 Å². The molecule has 1 aromatic heterocycles. The first kappa shape index (κ1) is 13.3. The molecular weight excluding hydrogens is 271 g/mol. The standard InChI is InChI=1S/C16H13FN2O2/c1-11-3-2-4-14(9-11)20-10-15-18-19-16(21-15)12-5-7-13(17)8-6-12/h2-9H,10H2,1H3. The van der Waals surface area contributed by atoms with Crippen LogP contribution in [0.25, 0.3) is 11.5 Å². The molecule has 0 saturated carbocycles. The molecule has 3 aromatic rings. The van der Waals surface area contributed by atoms with Gasteiger partial charge in [-0.2, -0.15) is 0 Å². The van der Waals surface area contributed by atoms with E-state index in [2.05, 4.69) is 10.2 Å². The Morgan fingerprint density at radius 3 is 2.67 bits per heavy atom. The summed E-state index contributed by atoms with van der Waals surface area (Å²) in [6.45, 7) is 2.18. The molecule has 0 N–H and O–H groups in total. The zero-order valence-corrected chi connectivity index (χ0v) is 11.4. The van der Waals surface area contributed by atoms with Crippen LogP contribution in [-0.4, -0.2) is 10.2 Å². The number of benzene rings is 2. The van der Waals surface area contributed by atoms with Crippen LogP contribution in [-0.2, 0) is 6.61 Å². The van der Waals surface area contributed by atoms with E-state index < -0.39 is 0 Å². The van der Waals surface area contributed by atoms with Gasteiger partial charge in [0.2, 0.25) is 5.89 Å². The summed E-state index contributed by atoms with van der Waals surface area (Å²) in [5.74, 6) is 1.16. The van der Waals surface area contributed by atoms with Crippen LogP contribution in [0.3, 0.4) is 0 Å². The maximum Gasteiger partial charge on any atom is 0.254 e. The molecule has 0 saturated heterocycles. The molecule has 1 heterocycles. The second-order valence-electron chi connectivity index (χ2n) is 4.61. The molecule has 0 aliphatic carbocycles. The summed E-state index contributed by atoms with van der Waals surface area (Å²) < 4.78 is 23.9. The summed E-state index contributed by atoms with van der Waals surface area (Å²) in [6, 6.07) is 13.6. The summed E-state index contributed by atoms with van der Waals surface area (Å²) >= 11 is 0. The third-order valence-electron chi connectivity index (χ3n) is 2.91. The van der Waals surface area contributed by atoms with Crippen LogP contribution in [0.2, 0.25) is 0 Å². The maximum absolute atomic E-state index is 12.9. The second-order valence-corrected chi connectivity index (χ2v) is 4.61. The van der Waals surface area contributed by atoms with Crippen molar-refractivity contribution >= 4 is 0 Å². The van der Waals surface area contributed by atoms with Crippen LogP contribution >= 0.6 is 0 Å². The quantitative estimate of drug-likeness (QED) is 0.732. The van der Waals surface area contributed by atoms with E-state index in [4.69, 9.17) is 9.15 Å². The predicted molar refractivity (Wildman–Crippen MR) is 75.2 cm³/mol. The van der Waals surface area contributed by atoms with Gasteiger partial charge in [0.15, 0.2) is 6.61 Å². The highest BCUT2D eigenvalue weighted by Crippen LogP contribution is 2.19. The van der Waals surface area contributed by atoms with E-state index in [0.717, 1.165) is 11.3 Å². The van der Waals surface area contributed by atoms with Crippen LogP contribution in [0.15, 0.2) is 52.9 Å². The summed E-state index contributed by atoms with van der Waals surface area (Å²) in [7, 11) is 0. The fourth-order valence-corrected chi connectivity index (χ4v) is 1.87. The Morgan fingerprint density at radius 2 is 1.90 bits per heavy atom. The van der Waals surface area contributed by atoms with Crippen LogP contribution in [0.1, 0.15) is 11.5 Å². The smallest absolute Gasteiger partial charge is 0.254 e. The normalized spacial score (nSPS) is 10.6. The molecule has 106 valence electrons. The molecular formula is C16H13FN2O2. The van der Waals surface area contributed by atoms with E-state index >= 15 is 0 Å². The highest BCUT2D eigenvalue weighted by Gasteiger charge is 2.09. The lowest BCUT2D eigenvalue weighted by molar-refractivity contribution is 0.264. The van der Waals surface area contributed by atoms with Crippen molar-refractivity contribution in [3.05, 3.63) is 65.8 Å². The highest BCUT2D eigenvalue weighted by molar-refractivity contribution is 5.51. The van der Waals surface area contributed by atoms with Crippen molar-refractivity contribution in [2.24, 2.45) is 0 Å². The average Bonchev–Trinajstić information content (AvgIpc) is 2.95. The lowest BCUT2D eigenvalue weighted by Crippen LogP contribution is -1.95. The van der Waals surface area contributed by atoms with Crippen LogP contribution in [0.5, 0.6) is 5.75 Å². The Labute approximate surface area is 121 Å². The van der Waals surface area contributed by atoms with Crippen LogP contribution in [0, 0.1) is 12.7 Å². The number of aromatic nitrogens is 2. The Hall–Kier alpha value is -2.69. The van der Waals surface area contributed by atoms with Crippen molar-refractivity contribution in [3.8, 4) is 17.2 Å². The number of aryl methyl sites for hydroxylation is 1. The van der Waals surface area contributed by atoms with E-state index in [9.17, 15) is 4.39 Å². The first-order chi connectivity index (χ1) is 10.2. The third kappa shape index (κ3) is 3.25. The SMILES string of the molecule is Cc1cccc(OCc2nnc(-c3ccc(F)cc3)o2)c1.